The molecule has 20 heavy (non-hydrogen) atoms. The first-order chi connectivity index (χ1) is 9.60. The summed E-state index contributed by atoms with van der Waals surface area (Å²) in [6.45, 7) is 6.56. The molecular weight excluding hydrogens is 254 g/mol. The van der Waals surface area contributed by atoms with Crippen molar-refractivity contribution in [3.8, 4) is 11.4 Å². The summed E-state index contributed by atoms with van der Waals surface area (Å²) in [4.78, 5) is 8.83. The molecule has 2 heterocycles. The van der Waals surface area contributed by atoms with Gasteiger partial charge in [0.2, 0.25) is 11.7 Å². The van der Waals surface area contributed by atoms with E-state index in [-0.39, 0.29) is 6.54 Å². The molecule has 0 saturated carbocycles. The lowest BCUT2D eigenvalue weighted by Gasteiger charge is -2.10. The lowest BCUT2D eigenvalue weighted by Crippen LogP contribution is -2.02. The number of nitrogens with zero attached hydrogens (tertiary/aromatic N) is 4. The molecule has 0 aliphatic heterocycles. The minimum Gasteiger partial charge on any atom is -0.338 e. The maximum atomic E-state index is 5.48. The molecule has 0 radical (unpaired) electrons. The maximum Gasteiger partial charge on any atom is 0.240 e. The highest BCUT2D eigenvalue weighted by Crippen LogP contribution is 2.25. The zero-order chi connectivity index (χ0) is 14.3. The minimum atomic E-state index is 0.246. The van der Waals surface area contributed by atoms with E-state index in [1.54, 1.807) is 0 Å². The van der Waals surface area contributed by atoms with Crippen LogP contribution >= 0.6 is 0 Å². The van der Waals surface area contributed by atoms with Crippen LogP contribution in [0.1, 0.15) is 31.6 Å². The molecule has 6 heteroatoms. The number of imidazole rings is 1. The topological polar surface area (TPSA) is 82.8 Å². The second-order valence-electron chi connectivity index (χ2n) is 5.04. The molecule has 0 aliphatic rings. The van der Waals surface area contributed by atoms with Gasteiger partial charge in [0.15, 0.2) is 0 Å². The van der Waals surface area contributed by atoms with E-state index >= 15 is 0 Å². The lowest BCUT2D eigenvalue weighted by atomic mass is 10.2. The molecule has 0 atom stereocenters. The Morgan fingerprint density at radius 1 is 1.30 bits per heavy atom. The first-order valence-corrected chi connectivity index (χ1v) is 6.61. The van der Waals surface area contributed by atoms with Gasteiger partial charge in [-0.2, -0.15) is 4.98 Å². The van der Waals surface area contributed by atoms with Crippen LogP contribution in [0.15, 0.2) is 22.7 Å². The van der Waals surface area contributed by atoms with Gasteiger partial charge in [0.1, 0.15) is 5.82 Å². The van der Waals surface area contributed by atoms with Crippen molar-refractivity contribution in [1.82, 2.24) is 19.7 Å². The van der Waals surface area contributed by atoms with Gasteiger partial charge in [0.25, 0.3) is 0 Å². The fraction of sp³-hybridized carbons (Fsp3) is 0.357. The first kappa shape index (κ1) is 12.8. The summed E-state index contributed by atoms with van der Waals surface area (Å²) in [6, 6.07) is 6.38. The average Bonchev–Trinajstić information content (AvgIpc) is 3.00. The van der Waals surface area contributed by atoms with E-state index in [4.69, 9.17) is 10.3 Å². The van der Waals surface area contributed by atoms with E-state index in [9.17, 15) is 0 Å². The normalized spacial score (nSPS) is 11.7. The van der Waals surface area contributed by atoms with Gasteiger partial charge in [-0.15, -0.1) is 0 Å². The highest BCUT2D eigenvalue weighted by Gasteiger charge is 2.13. The number of aromatic nitrogens is 4. The first-order valence-electron chi connectivity index (χ1n) is 6.61. The van der Waals surface area contributed by atoms with E-state index < -0.39 is 0 Å². The number of nitrogens with two attached hydrogens (primary N) is 1. The molecule has 0 unspecified atom stereocenters. The van der Waals surface area contributed by atoms with E-state index in [0.29, 0.717) is 17.8 Å². The zero-order valence-electron chi connectivity index (χ0n) is 11.8. The van der Waals surface area contributed by atoms with Crippen LogP contribution in [0.5, 0.6) is 0 Å². The van der Waals surface area contributed by atoms with Gasteiger partial charge in [-0.05, 0) is 39.0 Å². The van der Waals surface area contributed by atoms with Gasteiger partial charge >= 0.3 is 0 Å². The molecule has 0 fully saturated rings. The van der Waals surface area contributed by atoms with Crippen molar-refractivity contribution in [2.45, 2.75) is 33.4 Å². The Bertz CT molecular complexity index is 756. The third-order valence-corrected chi connectivity index (χ3v) is 3.28. The largest absolute Gasteiger partial charge is 0.338 e. The smallest absolute Gasteiger partial charge is 0.240 e. The second-order valence-corrected chi connectivity index (χ2v) is 5.04. The van der Waals surface area contributed by atoms with Gasteiger partial charge in [-0.1, -0.05) is 5.16 Å². The molecular formula is C14H17N5O. The molecule has 3 rings (SSSR count). The number of rotatable bonds is 3. The van der Waals surface area contributed by atoms with Crippen molar-refractivity contribution >= 4 is 11.0 Å². The fourth-order valence-electron chi connectivity index (χ4n) is 2.47. The summed E-state index contributed by atoms with van der Waals surface area (Å²) in [5.74, 6) is 1.98. The summed E-state index contributed by atoms with van der Waals surface area (Å²) in [5, 5.41) is 3.93. The Morgan fingerprint density at radius 2 is 2.10 bits per heavy atom. The van der Waals surface area contributed by atoms with Gasteiger partial charge in [0.05, 0.1) is 17.6 Å². The molecule has 3 aromatic rings. The van der Waals surface area contributed by atoms with Gasteiger partial charge in [-0.3, -0.25) is 0 Å². The molecule has 104 valence electrons. The molecule has 6 nitrogen and oxygen atoms in total. The second kappa shape index (κ2) is 4.72. The molecule has 0 spiro atoms. The third-order valence-electron chi connectivity index (χ3n) is 3.28. The van der Waals surface area contributed by atoms with Crippen molar-refractivity contribution in [3.63, 3.8) is 0 Å². The van der Waals surface area contributed by atoms with Crippen molar-refractivity contribution in [1.29, 1.82) is 0 Å². The Hall–Kier alpha value is -2.21. The predicted octanol–water partition coefficient (Wildman–Crippen LogP) is 2.43. The van der Waals surface area contributed by atoms with Crippen LogP contribution in [0.4, 0.5) is 0 Å². The molecule has 1 aromatic carbocycles. The van der Waals surface area contributed by atoms with Gasteiger partial charge in [0, 0.05) is 11.6 Å². The fourth-order valence-corrected chi connectivity index (χ4v) is 2.47. The summed E-state index contributed by atoms with van der Waals surface area (Å²) in [7, 11) is 0. The Balaban J connectivity index is 2.11. The van der Waals surface area contributed by atoms with Crippen LogP contribution < -0.4 is 5.73 Å². The molecule has 0 saturated heterocycles. The van der Waals surface area contributed by atoms with Crippen LogP contribution in [0.2, 0.25) is 0 Å². The highest BCUT2D eigenvalue weighted by atomic mass is 16.5. The van der Waals surface area contributed by atoms with Gasteiger partial charge in [-0.25, -0.2) is 4.98 Å². The average molecular weight is 271 g/mol. The van der Waals surface area contributed by atoms with Gasteiger partial charge < -0.3 is 14.8 Å². The van der Waals surface area contributed by atoms with E-state index in [1.165, 1.54) is 0 Å². The Labute approximate surface area is 116 Å². The number of aryl methyl sites for hydroxylation is 1. The van der Waals surface area contributed by atoms with Crippen molar-refractivity contribution in [2.75, 3.05) is 0 Å². The van der Waals surface area contributed by atoms with Crippen LogP contribution in [0.25, 0.3) is 22.4 Å². The SMILES string of the molecule is Cc1nc2cc(-c3noc(CN)n3)ccc2n1C(C)C. The summed E-state index contributed by atoms with van der Waals surface area (Å²) in [6.07, 6.45) is 0. The summed E-state index contributed by atoms with van der Waals surface area (Å²) >= 11 is 0. The standard InChI is InChI=1S/C14H17N5O/c1-8(2)19-9(3)16-11-6-10(4-5-12(11)19)14-17-13(7-15)20-18-14/h4-6,8H,7,15H2,1-3H3. The molecule has 0 aliphatic carbocycles. The molecule has 0 bridgehead atoms. The molecule has 2 aromatic heterocycles. The van der Waals surface area contributed by atoms with E-state index in [2.05, 4.69) is 33.5 Å². The zero-order valence-corrected chi connectivity index (χ0v) is 11.8. The summed E-state index contributed by atoms with van der Waals surface area (Å²) in [5.41, 5.74) is 8.41. The quantitative estimate of drug-likeness (QED) is 0.791. The summed E-state index contributed by atoms with van der Waals surface area (Å²) < 4.78 is 7.24. The molecule has 2 N–H and O–H groups in total. The lowest BCUT2D eigenvalue weighted by molar-refractivity contribution is 0.380. The van der Waals surface area contributed by atoms with Crippen molar-refractivity contribution < 1.29 is 4.52 Å². The van der Waals surface area contributed by atoms with Crippen LogP contribution in [0.3, 0.4) is 0 Å². The van der Waals surface area contributed by atoms with E-state index in [1.807, 2.05) is 25.1 Å². The van der Waals surface area contributed by atoms with Crippen LogP contribution in [-0.4, -0.2) is 19.7 Å². The van der Waals surface area contributed by atoms with E-state index in [0.717, 1.165) is 22.4 Å². The molecule has 0 amide bonds. The number of hydrogen-bond acceptors (Lipinski definition) is 5. The monoisotopic (exact) mass is 271 g/mol. The third kappa shape index (κ3) is 1.98. The van der Waals surface area contributed by atoms with Crippen molar-refractivity contribution in [2.24, 2.45) is 5.73 Å². The Kier molecular flexibility index (Phi) is 3.02. The minimum absolute atomic E-state index is 0.246. The van der Waals surface area contributed by atoms with Crippen LogP contribution in [-0.2, 0) is 6.54 Å². The van der Waals surface area contributed by atoms with Crippen molar-refractivity contribution in [3.05, 3.63) is 29.9 Å². The number of benzene rings is 1. The highest BCUT2D eigenvalue weighted by molar-refractivity contribution is 5.81. The maximum absolute atomic E-state index is 5.48. The number of fused-ring (bicyclic) bond motifs is 1. The van der Waals surface area contributed by atoms with Crippen LogP contribution in [0, 0.1) is 6.92 Å². The predicted molar refractivity (Wildman–Crippen MR) is 76.0 cm³/mol. The Morgan fingerprint density at radius 3 is 2.75 bits per heavy atom. The number of hydrogen-bond donors (Lipinski definition) is 1.